The standard InChI is InChI=1S/C11H18N4O/c1-7-4-8(2)6-15(5-7)11(16)10-12-9(3)13-14-10/h7-8H,4-6H2,1-3H3,(H,12,13,14). The van der Waals surface area contributed by atoms with E-state index in [1.165, 1.54) is 6.42 Å². The van der Waals surface area contributed by atoms with Crippen LogP contribution in [0.4, 0.5) is 0 Å². The van der Waals surface area contributed by atoms with Crippen molar-refractivity contribution in [2.24, 2.45) is 11.8 Å². The maximum absolute atomic E-state index is 12.1. The third-order valence-corrected chi connectivity index (χ3v) is 2.94. The molecular formula is C11H18N4O. The fraction of sp³-hybridized carbons (Fsp3) is 0.727. The van der Waals surface area contributed by atoms with Crippen molar-refractivity contribution < 1.29 is 4.79 Å². The number of aromatic nitrogens is 3. The highest BCUT2D eigenvalue weighted by Gasteiger charge is 2.27. The van der Waals surface area contributed by atoms with E-state index in [9.17, 15) is 4.79 Å². The van der Waals surface area contributed by atoms with Crippen molar-refractivity contribution in [2.75, 3.05) is 13.1 Å². The molecular weight excluding hydrogens is 204 g/mol. The van der Waals surface area contributed by atoms with Crippen LogP contribution in [-0.4, -0.2) is 39.1 Å². The molecule has 2 atom stereocenters. The second-order valence-electron chi connectivity index (χ2n) is 4.90. The van der Waals surface area contributed by atoms with Gasteiger partial charge in [-0.05, 0) is 25.2 Å². The summed E-state index contributed by atoms with van der Waals surface area (Å²) in [5.41, 5.74) is 0. The zero-order valence-electron chi connectivity index (χ0n) is 10.0. The molecule has 16 heavy (non-hydrogen) atoms. The number of aromatic amines is 1. The Labute approximate surface area is 95.2 Å². The van der Waals surface area contributed by atoms with Gasteiger partial charge in [0.2, 0.25) is 5.82 Å². The van der Waals surface area contributed by atoms with Gasteiger partial charge in [0.25, 0.3) is 5.91 Å². The third kappa shape index (κ3) is 2.23. The second kappa shape index (κ2) is 4.23. The lowest BCUT2D eigenvalue weighted by atomic mass is 9.92. The fourth-order valence-electron chi connectivity index (χ4n) is 2.41. The summed E-state index contributed by atoms with van der Waals surface area (Å²) in [5, 5.41) is 6.62. The van der Waals surface area contributed by atoms with Crippen molar-refractivity contribution in [3.05, 3.63) is 11.6 Å². The van der Waals surface area contributed by atoms with Gasteiger partial charge in [-0.25, -0.2) is 4.98 Å². The molecule has 0 saturated carbocycles. The van der Waals surface area contributed by atoms with Crippen LogP contribution in [0.15, 0.2) is 0 Å². The van der Waals surface area contributed by atoms with E-state index in [1.54, 1.807) is 6.92 Å². The molecule has 1 amide bonds. The molecule has 88 valence electrons. The molecule has 2 unspecified atom stereocenters. The molecule has 5 nitrogen and oxygen atoms in total. The van der Waals surface area contributed by atoms with Crippen molar-refractivity contribution in [2.45, 2.75) is 27.2 Å². The van der Waals surface area contributed by atoms with Gasteiger partial charge in [-0.15, -0.1) is 5.10 Å². The number of hydrogen-bond acceptors (Lipinski definition) is 3. The first-order chi connectivity index (χ1) is 7.56. The quantitative estimate of drug-likeness (QED) is 0.777. The van der Waals surface area contributed by atoms with Crippen LogP contribution in [-0.2, 0) is 0 Å². The van der Waals surface area contributed by atoms with Crippen LogP contribution in [0.25, 0.3) is 0 Å². The Balaban J connectivity index is 2.09. The van der Waals surface area contributed by atoms with Gasteiger partial charge in [0.1, 0.15) is 5.82 Å². The first kappa shape index (κ1) is 11.1. The molecule has 1 aliphatic rings. The Morgan fingerprint density at radius 2 is 2.00 bits per heavy atom. The molecule has 0 aromatic carbocycles. The van der Waals surface area contributed by atoms with Gasteiger partial charge in [-0.3, -0.25) is 9.89 Å². The Bertz CT molecular complexity index is 377. The van der Waals surface area contributed by atoms with E-state index in [0.717, 1.165) is 13.1 Å². The number of carbonyl (C=O) groups is 1. The number of aryl methyl sites for hydroxylation is 1. The lowest BCUT2D eigenvalue weighted by Gasteiger charge is -2.34. The average Bonchev–Trinajstić information content (AvgIpc) is 2.62. The maximum Gasteiger partial charge on any atom is 0.293 e. The van der Waals surface area contributed by atoms with Gasteiger partial charge in [-0.2, -0.15) is 0 Å². The van der Waals surface area contributed by atoms with Crippen molar-refractivity contribution in [3.8, 4) is 0 Å². The van der Waals surface area contributed by atoms with Crippen molar-refractivity contribution >= 4 is 5.91 Å². The summed E-state index contributed by atoms with van der Waals surface area (Å²) in [6, 6.07) is 0. The highest BCUT2D eigenvalue weighted by Crippen LogP contribution is 2.21. The van der Waals surface area contributed by atoms with E-state index in [-0.39, 0.29) is 5.91 Å². The summed E-state index contributed by atoms with van der Waals surface area (Å²) in [5.74, 6) is 2.04. The summed E-state index contributed by atoms with van der Waals surface area (Å²) in [7, 11) is 0. The summed E-state index contributed by atoms with van der Waals surface area (Å²) in [4.78, 5) is 18.0. The predicted molar refractivity (Wildman–Crippen MR) is 60.0 cm³/mol. The van der Waals surface area contributed by atoms with Crippen LogP contribution in [0.5, 0.6) is 0 Å². The van der Waals surface area contributed by atoms with Gasteiger partial charge < -0.3 is 4.90 Å². The minimum Gasteiger partial charge on any atom is -0.335 e. The molecule has 2 heterocycles. The first-order valence-electron chi connectivity index (χ1n) is 5.74. The van der Waals surface area contributed by atoms with E-state index >= 15 is 0 Å². The number of rotatable bonds is 1. The number of hydrogen-bond donors (Lipinski definition) is 1. The number of piperidine rings is 1. The SMILES string of the molecule is Cc1nc(C(=O)N2CC(C)CC(C)C2)n[nH]1. The van der Waals surface area contributed by atoms with Crippen LogP contribution >= 0.6 is 0 Å². The largest absolute Gasteiger partial charge is 0.335 e. The molecule has 1 saturated heterocycles. The average molecular weight is 222 g/mol. The summed E-state index contributed by atoms with van der Waals surface area (Å²) in [6.07, 6.45) is 1.19. The zero-order chi connectivity index (χ0) is 11.7. The Kier molecular flexibility index (Phi) is 2.94. The molecule has 1 aliphatic heterocycles. The number of likely N-dealkylation sites (tertiary alicyclic amines) is 1. The minimum atomic E-state index is -0.0530. The third-order valence-electron chi connectivity index (χ3n) is 2.94. The van der Waals surface area contributed by atoms with Crippen LogP contribution in [0.3, 0.4) is 0 Å². The molecule has 1 aromatic rings. The van der Waals surface area contributed by atoms with Crippen LogP contribution < -0.4 is 0 Å². The molecule has 1 N–H and O–H groups in total. The van der Waals surface area contributed by atoms with Gasteiger partial charge >= 0.3 is 0 Å². The molecule has 0 bridgehead atoms. The monoisotopic (exact) mass is 222 g/mol. The topological polar surface area (TPSA) is 61.9 Å². The van der Waals surface area contributed by atoms with E-state index in [4.69, 9.17) is 0 Å². The highest BCUT2D eigenvalue weighted by molar-refractivity contribution is 5.90. The molecule has 2 rings (SSSR count). The van der Waals surface area contributed by atoms with Gasteiger partial charge in [0, 0.05) is 13.1 Å². The Morgan fingerprint density at radius 1 is 1.38 bits per heavy atom. The molecule has 5 heteroatoms. The zero-order valence-corrected chi connectivity index (χ0v) is 10.0. The van der Waals surface area contributed by atoms with Crippen LogP contribution in [0, 0.1) is 18.8 Å². The smallest absolute Gasteiger partial charge is 0.293 e. The van der Waals surface area contributed by atoms with Crippen molar-refractivity contribution in [1.29, 1.82) is 0 Å². The van der Waals surface area contributed by atoms with Crippen LogP contribution in [0.1, 0.15) is 36.7 Å². The predicted octanol–water partition coefficient (Wildman–Crippen LogP) is 1.23. The molecule has 0 radical (unpaired) electrons. The van der Waals surface area contributed by atoms with E-state index in [2.05, 4.69) is 29.0 Å². The lowest BCUT2D eigenvalue weighted by Crippen LogP contribution is -2.43. The van der Waals surface area contributed by atoms with Crippen LogP contribution in [0.2, 0.25) is 0 Å². The summed E-state index contributed by atoms with van der Waals surface area (Å²) in [6.45, 7) is 7.79. The number of carbonyl (C=O) groups excluding carboxylic acids is 1. The number of H-pyrrole nitrogens is 1. The highest BCUT2D eigenvalue weighted by atomic mass is 16.2. The Hall–Kier alpha value is -1.39. The second-order valence-corrected chi connectivity index (χ2v) is 4.90. The fourth-order valence-corrected chi connectivity index (χ4v) is 2.41. The number of amides is 1. The van der Waals surface area contributed by atoms with E-state index < -0.39 is 0 Å². The molecule has 0 spiro atoms. The lowest BCUT2D eigenvalue weighted by molar-refractivity contribution is 0.0611. The number of nitrogens with one attached hydrogen (secondary N) is 1. The normalized spacial score (nSPS) is 25.8. The summed E-state index contributed by atoms with van der Waals surface area (Å²) < 4.78 is 0. The van der Waals surface area contributed by atoms with Crippen molar-refractivity contribution in [3.63, 3.8) is 0 Å². The van der Waals surface area contributed by atoms with E-state index in [1.807, 2.05) is 4.90 Å². The Morgan fingerprint density at radius 3 is 2.50 bits per heavy atom. The minimum absolute atomic E-state index is 0.0530. The van der Waals surface area contributed by atoms with Crippen molar-refractivity contribution in [1.82, 2.24) is 20.1 Å². The molecule has 0 aliphatic carbocycles. The van der Waals surface area contributed by atoms with E-state index in [0.29, 0.717) is 23.5 Å². The van der Waals surface area contributed by atoms with Gasteiger partial charge in [-0.1, -0.05) is 13.8 Å². The van der Waals surface area contributed by atoms with Gasteiger partial charge in [0.05, 0.1) is 0 Å². The molecule has 1 aromatic heterocycles. The summed E-state index contributed by atoms with van der Waals surface area (Å²) >= 11 is 0. The van der Waals surface area contributed by atoms with Gasteiger partial charge in [0.15, 0.2) is 0 Å². The number of nitrogens with zero attached hydrogens (tertiary/aromatic N) is 3. The first-order valence-corrected chi connectivity index (χ1v) is 5.74. The molecule has 1 fully saturated rings. The maximum atomic E-state index is 12.1.